The topological polar surface area (TPSA) is 92.9 Å². The summed E-state index contributed by atoms with van der Waals surface area (Å²) in [6, 6.07) is 3.88. The second kappa shape index (κ2) is 5.66. The van der Waals surface area contributed by atoms with Crippen molar-refractivity contribution in [3.8, 4) is 0 Å². The van der Waals surface area contributed by atoms with Crippen LogP contribution in [0.5, 0.6) is 0 Å². The summed E-state index contributed by atoms with van der Waals surface area (Å²) in [6.45, 7) is 2.52. The maximum atomic E-state index is 11.7. The van der Waals surface area contributed by atoms with Crippen molar-refractivity contribution in [3.05, 3.63) is 35.2 Å². The zero-order valence-corrected chi connectivity index (χ0v) is 11.5. The number of carbonyl (C=O) groups is 1. The summed E-state index contributed by atoms with van der Waals surface area (Å²) < 4.78 is 4.00. The third-order valence-corrected chi connectivity index (χ3v) is 3.53. The number of aromatic nitrogens is 2. The zero-order valence-electron chi connectivity index (χ0n) is 10.7. The Labute approximate surface area is 115 Å². The van der Waals surface area contributed by atoms with Gasteiger partial charge in [0.1, 0.15) is 10.6 Å². The van der Waals surface area contributed by atoms with Crippen LogP contribution in [-0.2, 0) is 6.54 Å². The molecular formula is C12H15N5OS. The smallest absolute Gasteiger partial charge is 0.257 e. The van der Waals surface area contributed by atoms with Crippen molar-refractivity contribution in [2.75, 3.05) is 18.1 Å². The van der Waals surface area contributed by atoms with Crippen LogP contribution in [0.25, 0.3) is 0 Å². The van der Waals surface area contributed by atoms with Gasteiger partial charge in [-0.2, -0.15) is 4.37 Å². The Morgan fingerprint density at radius 2 is 2.32 bits per heavy atom. The highest BCUT2D eigenvalue weighted by Gasteiger charge is 2.18. The number of nitrogens with one attached hydrogen (secondary N) is 2. The van der Waals surface area contributed by atoms with Crippen molar-refractivity contribution in [1.82, 2.24) is 14.7 Å². The van der Waals surface area contributed by atoms with Gasteiger partial charge in [0.25, 0.3) is 5.91 Å². The SMILES string of the molecule is CNC(=O)c1c(N)nsc1NCc1ncccc1C. The first-order chi connectivity index (χ1) is 9.13. The van der Waals surface area contributed by atoms with Gasteiger partial charge in [0.15, 0.2) is 5.82 Å². The first kappa shape index (κ1) is 13.3. The van der Waals surface area contributed by atoms with Gasteiger partial charge in [-0.15, -0.1) is 0 Å². The van der Waals surface area contributed by atoms with Crippen LogP contribution >= 0.6 is 11.5 Å². The Morgan fingerprint density at radius 1 is 1.53 bits per heavy atom. The quantitative estimate of drug-likeness (QED) is 0.785. The summed E-state index contributed by atoms with van der Waals surface area (Å²) in [6.07, 6.45) is 1.74. The van der Waals surface area contributed by atoms with Crippen molar-refractivity contribution in [3.63, 3.8) is 0 Å². The van der Waals surface area contributed by atoms with E-state index in [1.165, 1.54) is 11.5 Å². The van der Waals surface area contributed by atoms with E-state index in [0.717, 1.165) is 11.3 Å². The maximum Gasteiger partial charge on any atom is 0.257 e. The molecule has 0 radical (unpaired) electrons. The Balaban J connectivity index is 2.17. The molecule has 2 aromatic rings. The van der Waals surface area contributed by atoms with Gasteiger partial charge in [-0.1, -0.05) is 6.07 Å². The largest absolute Gasteiger partial charge is 0.382 e. The van der Waals surface area contributed by atoms with Gasteiger partial charge < -0.3 is 16.4 Å². The van der Waals surface area contributed by atoms with Crippen molar-refractivity contribution < 1.29 is 4.79 Å². The number of pyridine rings is 1. The van der Waals surface area contributed by atoms with Crippen LogP contribution < -0.4 is 16.4 Å². The molecule has 4 N–H and O–H groups in total. The minimum atomic E-state index is -0.244. The molecule has 2 rings (SSSR count). The Kier molecular flexibility index (Phi) is 3.96. The fourth-order valence-electron chi connectivity index (χ4n) is 1.63. The lowest BCUT2D eigenvalue weighted by atomic mass is 10.2. The van der Waals surface area contributed by atoms with Crippen LogP contribution in [0, 0.1) is 6.92 Å². The molecule has 0 aliphatic carbocycles. The average Bonchev–Trinajstić information content (AvgIpc) is 2.78. The van der Waals surface area contributed by atoms with E-state index in [4.69, 9.17) is 5.73 Å². The molecule has 0 atom stereocenters. The summed E-state index contributed by atoms with van der Waals surface area (Å²) in [5, 5.41) is 6.36. The molecule has 0 aliphatic rings. The van der Waals surface area contributed by atoms with Gasteiger partial charge in [-0.05, 0) is 30.1 Å². The van der Waals surface area contributed by atoms with Gasteiger partial charge in [0.05, 0.1) is 12.2 Å². The standard InChI is InChI=1S/C12H15N5OS/c1-7-4-3-5-15-8(7)6-16-12-9(11(18)14-2)10(13)17-19-12/h3-5,16H,6H2,1-2H3,(H2,13,17)(H,14,18). The average molecular weight is 277 g/mol. The molecule has 2 heterocycles. The predicted molar refractivity (Wildman–Crippen MR) is 76.2 cm³/mol. The number of nitrogen functional groups attached to an aromatic ring is 1. The normalized spacial score (nSPS) is 10.2. The number of nitrogens with two attached hydrogens (primary N) is 1. The molecule has 19 heavy (non-hydrogen) atoms. The van der Waals surface area contributed by atoms with Gasteiger partial charge in [-0.25, -0.2) is 0 Å². The minimum Gasteiger partial charge on any atom is -0.382 e. The van der Waals surface area contributed by atoms with E-state index in [-0.39, 0.29) is 11.7 Å². The molecule has 0 aliphatic heterocycles. The minimum absolute atomic E-state index is 0.240. The van der Waals surface area contributed by atoms with E-state index in [0.29, 0.717) is 17.1 Å². The van der Waals surface area contributed by atoms with Crippen molar-refractivity contribution >= 4 is 28.3 Å². The number of rotatable bonds is 4. The summed E-state index contributed by atoms with van der Waals surface area (Å²) in [7, 11) is 1.56. The summed E-state index contributed by atoms with van der Waals surface area (Å²) in [4.78, 5) is 16.0. The molecular weight excluding hydrogens is 262 g/mol. The van der Waals surface area contributed by atoms with Gasteiger partial charge in [0.2, 0.25) is 0 Å². The monoisotopic (exact) mass is 277 g/mol. The highest BCUT2D eigenvalue weighted by atomic mass is 32.1. The number of carbonyl (C=O) groups excluding carboxylic acids is 1. The van der Waals surface area contributed by atoms with Crippen LogP contribution in [0.4, 0.5) is 10.8 Å². The molecule has 0 fully saturated rings. The zero-order chi connectivity index (χ0) is 13.8. The number of anilines is 2. The van der Waals surface area contributed by atoms with Gasteiger partial charge >= 0.3 is 0 Å². The third-order valence-electron chi connectivity index (χ3n) is 2.71. The number of amides is 1. The van der Waals surface area contributed by atoms with Crippen LogP contribution in [0.3, 0.4) is 0 Å². The van der Waals surface area contributed by atoms with Gasteiger partial charge in [-0.3, -0.25) is 9.78 Å². The molecule has 2 aromatic heterocycles. The molecule has 6 nitrogen and oxygen atoms in total. The van der Waals surface area contributed by atoms with E-state index in [1.54, 1.807) is 13.2 Å². The maximum absolute atomic E-state index is 11.7. The highest BCUT2D eigenvalue weighted by molar-refractivity contribution is 7.11. The molecule has 0 unspecified atom stereocenters. The van der Waals surface area contributed by atoms with E-state index in [1.807, 2.05) is 19.1 Å². The molecule has 7 heteroatoms. The Hall–Kier alpha value is -2.15. The van der Waals surface area contributed by atoms with Crippen LogP contribution in [0.1, 0.15) is 21.6 Å². The van der Waals surface area contributed by atoms with E-state index in [2.05, 4.69) is 20.0 Å². The lowest BCUT2D eigenvalue weighted by molar-refractivity contribution is 0.0965. The molecule has 100 valence electrons. The van der Waals surface area contributed by atoms with E-state index in [9.17, 15) is 4.79 Å². The first-order valence-electron chi connectivity index (χ1n) is 5.75. The number of hydrogen-bond acceptors (Lipinski definition) is 6. The lowest BCUT2D eigenvalue weighted by Gasteiger charge is -2.07. The summed E-state index contributed by atoms with van der Waals surface area (Å²) >= 11 is 1.17. The Morgan fingerprint density at radius 3 is 3.00 bits per heavy atom. The lowest BCUT2D eigenvalue weighted by Crippen LogP contribution is -2.20. The molecule has 0 bridgehead atoms. The molecule has 0 saturated carbocycles. The molecule has 0 aromatic carbocycles. The number of hydrogen-bond donors (Lipinski definition) is 3. The summed E-state index contributed by atoms with van der Waals surface area (Å²) in [5.74, 6) is -0.00362. The number of aryl methyl sites for hydroxylation is 1. The van der Waals surface area contributed by atoms with Crippen molar-refractivity contribution in [2.24, 2.45) is 0 Å². The first-order valence-corrected chi connectivity index (χ1v) is 6.52. The predicted octanol–water partition coefficient (Wildman–Crippen LogP) is 1.40. The van der Waals surface area contributed by atoms with Gasteiger partial charge in [0, 0.05) is 13.2 Å². The second-order valence-corrected chi connectivity index (χ2v) is 4.75. The Bertz CT molecular complexity index is 596. The molecule has 0 spiro atoms. The summed E-state index contributed by atoms with van der Waals surface area (Å²) in [5.41, 5.74) is 8.11. The van der Waals surface area contributed by atoms with Crippen molar-refractivity contribution in [2.45, 2.75) is 13.5 Å². The van der Waals surface area contributed by atoms with E-state index >= 15 is 0 Å². The van der Waals surface area contributed by atoms with Crippen LogP contribution in [0.2, 0.25) is 0 Å². The highest BCUT2D eigenvalue weighted by Crippen LogP contribution is 2.27. The fourth-order valence-corrected chi connectivity index (χ4v) is 2.34. The fraction of sp³-hybridized carbons (Fsp3) is 0.250. The molecule has 0 saturated heterocycles. The third kappa shape index (κ3) is 2.82. The van der Waals surface area contributed by atoms with Crippen LogP contribution in [0.15, 0.2) is 18.3 Å². The second-order valence-electron chi connectivity index (χ2n) is 3.97. The van der Waals surface area contributed by atoms with Crippen LogP contribution in [-0.4, -0.2) is 22.3 Å². The molecule has 1 amide bonds. The van der Waals surface area contributed by atoms with E-state index < -0.39 is 0 Å². The number of nitrogens with zero attached hydrogens (tertiary/aromatic N) is 2. The van der Waals surface area contributed by atoms with Crippen molar-refractivity contribution in [1.29, 1.82) is 0 Å².